The van der Waals surface area contributed by atoms with Crippen molar-refractivity contribution in [1.82, 2.24) is 5.32 Å². The molecule has 0 saturated heterocycles. The van der Waals surface area contributed by atoms with E-state index in [9.17, 15) is 19.7 Å². The molecular formula is C13H16N2O6. The van der Waals surface area contributed by atoms with Gasteiger partial charge in [-0.3, -0.25) is 19.7 Å². The van der Waals surface area contributed by atoms with E-state index in [4.69, 9.17) is 9.47 Å². The van der Waals surface area contributed by atoms with Crippen LogP contribution in [0.1, 0.15) is 17.3 Å². The molecule has 0 unspecified atom stereocenters. The maximum absolute atomic E-state index is 11.7. The molecule has 1 rings (SSSR count). The maximum Gasteiger partial charge on any atom is 0.311 e. The van der Waals surface area contributed by atoms with Crippen LogP contribution in [0.15, 0.2) is 18.2 Å². The van der Waals surface area contributed by atoms with Crippen molar-refractivity contribution in [3.8, 4) is 5.75 Å². The molecule has 0 heterocycles. The van der Waals surface area contributed by atoms with Crippen molar-refractivity contribution < 1.29 is 24.0 Å². The maximum atomic E-state index is 11.7. The van der Waals surface area contributed by atoms with Crippen molar-refractivity contribution in [2.45, 2.75) is 13.0 Å². The number of benzene rings is 1. The average Bonchev–Trinajstić information content (AvgIpc) is 2.47. The molecule has 1 aromatic carbocycles. The highest BCUT2D eigenvalue weighted by molar-refractivity contribution is 5.81. The smallest absolute Gasteiger partial charge is 0.311 e. The number of carbonyl (C=O) groups is 2. The Morgan fingerprint density at radius 2 is 2.24 bits per heavy atom. The molecule has 114 valence electrons. The number of hydrogen-bond donors (Lipinski definition) is 1. The standard InChI is InChI=1S/C13H16N2O6/c1-9(13(17)14-5-6-20-2)21-12-4-3-10(8-16)7-11(12)15(18)19/h3-4,7-9H,5-6H2,1-2H3,(H,14,17)/t9-/m1/s1. The fourth-order valence-electron chi connectivity index (χ4n) is 1.51. The molecule has 0 aliphatic heterocycles. The van der Waals surface area contributed by atoms with Crippen LogP contribution in [-0.4, -0.2) is 43.5 Å². The molecule has 0 aromatic heterocycles. The summed E-state index contributed by atoms with van der Waals surface area (Å²) in [6, 6.07) is 3.77. The Bertz CT molecular complexity index is 531. The Kier molecular flexibility index (Phi) is 6.28. The molecular weight excluding hydrogens is 280 g/mol. The quantitative estimate of drug-likeness (QED) is 0.331. The van der Waals surface area contributed by atoms with Gasteiger partial charge in [-0.15, -0.1) is 0 Å². The van der Waals surface area contributed by atoms with Gasteiger partial charge in [-0.05, 0) is 19.1 Å². The van der Waals surface area contributed by atoms with Gasteiger partial charge in [0.15, 0.2) is 11.9 Å². The van der Waals surface area contributed by atoms with Crippen molar-refractivity contribution in [2.75, 3.05) is 20.3 Å². The summed E-state index contributed by atoms with van der Waals surface area (Å²) < 4.78 is 10.1. The summed E-state index contributed by atoms with van der Waals surface area (Å²) in [5.74, 6) is -0.485. The van der Waals surface area contributed by atoms with Gasteiger partial charge in [0.05, 0.1) is 11.5 Å². The minimum Gasteiger partial charge on any atom is -0.474 e. The second-order valence-electron chi connectivity index (χ2n) is 4.15. The average molecular weight is 296 g/mol. The number of carbonyl (C=O) groups excluding carboxylic acids is 2. The molecule has 1 amide bonds. The van der Waals surface area contributed by atoms with Gasteiger partial charge in [0.2, 0.25) is 0 Å². The fraction of sp³-hybridized carbons (Fsp3) is 0.385. The van der Waals surface area contributed by atoms with Crippen LogP contribution in [-0.2, 0) is 9.53 Å². The largest absolute Gasteiger partial charge is 0.474 e. The minimum atomic E-state index is -0.914. The molecule has 0 aliphatic carbocycles. The number of amides is 1. The highest BCUT2D eigenvalue weighted by atomic mass is 16.6. The zero-order valence-corrected chi connectivity index (χ0v) is 11.7. The van der Waals surface area contributed by atoms with Gasteiger partial charge in [-0.25, -0.2) is 0 Å². The van der Waals surface area contributed by atoms with Crippen LogP contribution in [0.4, 0.5) is 5.69 Å². The molecule has 0 aliphatic rings. The summed E-state index contributed by atoms with van der Waals surface area (Å²) in [7, 11) is 1.50. The third-order valence-electron chi connectivity index (χ3n) is 2.59. The third-order valence-corrected chi connectivity index (χ3v) is 2.59. The van der Waals surface area contributed by atoms with Crippen LogP contribution >= 0.6 is 0 Å². The molecule has 0 bridgehead atoms. The second kappa shape index (κ2) is 7.95. The Labute approximate surface area is 121 Å². The Hall–Kier alpha value is -2.48. The Balaban J connectivity index is 2.79. The van der Waals surface area contributed by atoms with Crippen LogP contribution in [0, 0.1) is 10.1 Å². The number of nitrogens with zero attached hydrogens (tertiary/aromatic N) is 1. The van der Waals surface area contributed by atoms with E-state index < -0.39 is 16.9 Å². The lowest BCUT2D eigenvalue weighted by Gasteiger charge is -2.14. The predicted octanol–water partition coefficient (Wildman–Crippen LogP) is 0.937. The SMILES string of the molecule is COCCNC(=O)[C@@H](C)Oc1ccc(C=O)cc1[N+](=O)[O-]. The summed E-state index contributed by atoms with van der Waals surface area (Å²) in [5, 5.41) is 13.5. The van der Waals surface area contributed by atoms with E-state index in [0.29, 0.717) is 19.4 Å². The predicted molar refractivity (Wildman–Crippen MR) is 73.5 cm³/mol. The molecule has 0 spiro atoms. The fourth-order valence-corrected chi connectivity index (χ4v) is 1.51. The monoisotopic (exact) mass is 296 g/mol. The number of nitro benzene ring substituents is 1. The summed E-state index contributed by atoms with van der Waals surface area (Å²) in [6.45, 7) is 2.14. The topological polar surface area (TPSA) is 108 Å². The van der Waals surface area contributed by atoms with Gasteiger partial charge in [-0.1, -0.05) is 0 Å². The van der Waals surface area contributed by atoms with Gasteiger partial charge in [0.25, 0.3) is 5.91 Å². The number of nitrogens with one attached hydrogen (secondary N) is 1. The number of hydrogen-bond acceptors (Lipinski definition) is 6. The third kappa shape index (κ3) is 4.84. The Morgan fingerprint density at radius 1 is 1.52 bits per heavy atom. The van der Waals surface area contributed by atoms with Gasteiger partial charge in [0.1, 0.15) is 6.29 Å². The number of nitro groups is 1. The first kappa shape index (κ1) is 16.6. The van der Waals surface area contributed by atoms with Crippen LogP contribution in [0.3, 0.4) is 0 Å². The lowest BCUT2D eigenvalue weighted by molar-refractivity contribution is -0.386. The van der Waals surface area contributed by atoms with E-state index in [-0.39, 0.29) is 17.0 Å². The van der Waals surface area contributed by atoms with Crippen LogP contribution in [0.5, 0.6) is 5.75 Å². The summed E-state index contributed by atoms with van der Waals surface area (Å²) in [6.07, 6.45) is -0.417. The Morgan fingerprint density at radius 3 is 2.81 bits per heavy atom. The van der Waals surface area contributed by atoms with Crippen LogP contribution < -0.4 is 10.1 Å². The highest BCUT2D eigenvalue weighted by Gasteiger charge is 2.21. The van der Waals surface area contributed by atoms with Crippen molar-refractivity contribution in [2.24, 2.45) is 0 Å². The molecule has 21 heavy (non-hydrogen) atoms. The first-order chi connectivity index (χ1) is 9.99. The lowest BCUT2D eigenvalue weighted by Crippen LogP contribution is -2.38. The van der Waals surface area contributed by atoms with Crippen molar-refractivity contribution in [3.63, 3.8) is 0 Å². The van der Waals surface area contributed by atoms with Crippen molar-refractivity contribution >= 4 is 17.9 Å². The molecule has 0 saturated carbocycles. The summed E-state index contributed by atoms with van der Waals surface area (Å²) in [5.41, 5.74) is -0.206. The summed E-state index contributed by atoms with van der Waals surface area (Å²) >= 11 is 0. The van der Waals surface area contributed by atoms with Gasteiger partial charge in [0, 0.05) is 25.3 Å². The molecule has 8 heteroatoms. The second-order valence-corrected chi connectivity index (χ2v) is 4.15. The summed E-state index contributed by atoms with van der Waals surface area (Å²) in [4.78, 5) is 32.6. The van der Waals surface area contributed by atoms with E-state index in [2.05, 4.69) is 5.32 Å². The number of aldehydes is 1. The molecule has 1 aromatic rings. The lowest BCUT2D eigenvalue weighted by atomic mass is 10.2. The van der Waals surface area contributed by atoms with Crippen LogP contribution in [0.25, 0.3) is 0 Å². The molecule has 1 atom stereocenters. The van der Waals surface area contributed by atoms with E-state index in [0.717, 1.165) is 6.07 Å². The van der Waals surface area contributed by atoms with Gasteiger partial charge in [-0.2, -0.15) is 0 Å². The number of methoxy groups -OCH3 is 1. The number of rotatable bonds is 8. The zero-order valence-electron chi connectivity index (χ0n) is 11.7. The number of ether oxygens (including phenoxy) is 2. The zero-order chi connectivity index (χ0) is 15.8. The van der Waals surface area contributed by atoms with E-state index in [1.165, 1.54) is 26.2 Å². The van der Waals surface area contributed by atoms with E-state index in [1.54, 1.807) is 0 Å². The highest BCUT2D eigenvalue weighted by Crippen LogP contribution is 2.28. The normalized spacial score (nSPS) is 11.5. The van der Waals surface area contributed by atoms with Gasteiger partial charge < -0.3 is 14.8 Å². The van der Waals surface area contributed by atoms with E-state index in [1.807, 2.05) is 0 Å². The molecule has 1 N–H and O–H groups in total. The van der Waals surface area contributed by atoms with Crippen LogP contribution in [0.2, 0.25) is 0 Å². The first-order valence-electron chi connectivity index (χ1n) is 6.16. The molecule has 0 fully saturated rings. The first-order valence-corrected chi connectivity index (χ1v) is 6.16. The minimum absolute atomic E-state index is 0.0695. The molecule has 8 nitrogen and oxygen atoms in total. The van der Waals surface area contributed by atoms with Crippen molar-refractivity contribution in [1.29, 1.82) is 0 Å². The van der Waals surface area contributed by atoms with Gasteiger partial charge >= 0.3 is 5.69 Å². The van der Waals surface area contributed by atoms with E-state index >= 15 is 0 Å². The molecule has 0 radical (unpaired) electrons. The van der Waals surface area contributed by atoms with Crippen molar-refractivity contribution in [3.05, 3.63) is 33.9 Å².